The van der Waals surface area contributed by atoms with E-state index in [-0.39, 0.29) is 0 Å². The molecule has 1 saturated heterocycles. The molecule has 7 heteroatoms. The van der Waals surface area contributed by atoms with Crippen molar-refractivity contribution in [2.75, 3.05) is 23.3 Å². The highest BCUT2D eigenvalue weighted by Crippen LogP contribution is 2.24. The highest BCUT2D eigenvalue weighted by molar-refractivity contribution is 7.80. The van der Waals surface area contributed by atoms with Gasteiger partial charge in [0.2, 0.25) is 5.95 Å². The largest absolute Gasteiger partial charge is 0.360 e. The Morgan fingerprint density at radius 2 is 1.91 bits per heavy atom. The molecular formula is C16H24ClN5S. The summed E-state index contributed by atoms with van der Waals surface area (Å²) >= 11 is 11.5. The van der Waals surface area contributed by atoms with E-state index in [9.17, 15) is 0 Å². The van der Waals surface area contributed by atoms with Gasteiger partial charge in [-0.05, 0) is 43.8 Å². The molecule has 2 N–H and O–H groups in total. The molecule has 1 aromatic heterocycles. The van der Waals surface area contributed by atoms with Crippen LogP contribution >= 0.6 is 23.8 Å². The Morgan fingerprint density at radius 3 is 2.61 bits per heavy atom. The zero-order chi connectivity index (χ0) is 16.2. The predicted molar refractivity (Wildman–Crippen MR) is 99.3 cm³/mol. The molecule has 2 fully saturated rings. The Kier molecular flexibility index (Phi) is 5.54. The van der Waals surface area contributed by atoms with Crippen molar-refractivity contribution in [1.82, 2.24) is 15.3 Å². The van der Waals surface area contributed by atoms with Gasteiger partial charge in [-0.15, -0.1) is 0 Å². The van der Waals surface area contributed by atoms with E-state index < -0.39 is 0 Å². The molecule has 126 valence electrons. The molecule has 1 aliphatic carbocycles. The molecule has 3 rings (SSSR count). The summed E-state index contributed by atoms with van der Waals surface area (Å²) in [5, 5.41) is 7.45. The standard InChI is InChI=1S/C16H24ClN5S/c1-11-6-8-22(9-7-11)14-10-13(17)19-15(20-14)21-16(23)18-12-4-2-3-5-12/h10-12H,2-9H2,1H3,(H2,18,19,20,21,23). The molecule has 1 aromatic rings. The lowest BCUT2D eigenvalue weighted by molar-refractivity contribution is 0.436. The van der Waals surface area contributed by atoms with Gasteiger partial charge in [-0.3, -0.25) is 0 Å². The smallest absolute Gasteiger partial charge is 0.232 e. The first-order valence-corrected chi connectivity index (χ1v) is 9.26. The number of thiocarbonyl (C=S) groups is 1. The molecule has 0 bridgehead atoms. The van der Waals surface area contributed by atoms with E-state index in [4.69, 9.17) is 23.8 Å². The first-order valence-electron chi connectivity index (χ1n) is 8.47. The van der Waals surface area contributed by atoms with E-state index in [0.717, 1.165) is 24.8 Å². The van der Waals surface area contributed by atoms with Crippen molar-refractivity contribution in [2.24, 2.45) is 5.92 Å². The van der Waals surface area contributed by atoms with Crippen LogP contribution in [0.15, 0.2) is 6.07 Å². The molecule has 23 heavy (non-hydrogen) atoms. The number of nitrogens with zero attached hydrogens (tertiary/aromatic N) is 3. The monoisotopic (exact) mass is 353 g/mol. The van der Waals surface area contributed by atoms with Gasteiger partial charge >= 0.3 is 0 Å². The van der Waals surface area contributed by atoms with Crippen LogP contribution in [0.4, 0.5) is 11.8 Å². The maximum Gasteiger partial charge on any atom is 0.232 e. The van der Waals surface area contributed by atoms with E-state index in [1.807, 2.05) is 6.07 Å². The Balaban J connectivity index is 1.63. The molecule has 2 aliphatic rings. The number of anilines is 2. The Morgan fingerprint density at radius 1 is 1.22 bits per heavy atom. The highest BCUT2D eigenvalue weighted by atomic mass is 35.5. The van der Waals surface area contributed by atoms with E-state index in [2.05, 4.69) is 32.4 Å². The van der Waals surface area contributed by atoms with Crippen LogP contribution < -0.4 is 15.5 Å². The van der Waals surface area contributed by atoms with Gasteiger partial charge in [0.05, 0.1) is 0 Å². The van der Waals surface area contributed by atoms with Crippen LogP contribution in [0.25, 0.3) is 0 Å². The molecule has 1 saturated carbocycles. The summed E-state index contributed by atoms with van der Waals surface area (Å²) in [4.78, 5) is 11.1. The number of rotatable bonds is 3. The van der Waals surface area contributed by atoms with Crippen LogP contribution in [0.3, 0.4) is 0 Å². The van der Waals surface area contributed by atoms with Gasteiger partial charge in [-0.2, -0.15) is 4.98 Å². The summed E-state index contributed by atoms with van der Waals surface area (Å²) in [6.45, 7) is 4.32. The summed E-state index contributed by atoms with van der Waals surface area (Å²) in [5.74, 6) is 2.13. The third kappa shape index (κ3) is 4.67. The second-order valence-corrected chi connectivity index (χ2v) is 7.42. The summed E-state index contributed by atoms with van der Waals surface area (Å²) in [5.41, 5.74) is 0. The first-order chi connectivity index (χ1) is 11.1. The number of nitrogens with one attached hydrogen (secondary N) is 2. The maximum atomic E-state index is 6.17. The van der Waals surface area contributed by atoms with Crippen molar-refractivity contribution < 1.29 is 0 Å². The minimum absolute atomic E-state index is 0.444. The molecule has 2 heterocycles. The van der Waals surface area contributed by atoms with Gasteiger partial charge in [0, 0.05) is 25.2 Å². The molecule has 0 spiro atoms. The molecule has 1 aliphatic heterocycles. The van der Waals surface area contributed by atoms with Gasteiger partial charge in [0.25, 0.3) is 0 Å². The molecular weight excluding hydrogens is 330 g/mol. The number of piperidine rings is 1. The van der Waals surface area contributed by atoms with Crippen LogP contribution in [-0.4, -0.2) is 34.2 Å². The summed E-state index contributed by atoms with van der Waals surface area (Å²) in [6.07, 6.45) is 7.26. The van der Waals surface area contributed by atoms with Crippen molar-refractivity contribution in [3.8, 4) is 0 Å². The van der Waals surface area contributed by atoms with E-state index in [0.29, 0.717) is 22.3 Å². The Hall–Kier alpha value is -1.14. The molecule has 0 radical (unpaired) electrons. The Labute approximate surface area is 148 Å². The minimum atomic E-state index is 0.444. The van der Waals surface area contributed by atoms with Crippen LogP contribution in [0.1, 0.15) is 45.4 Å². The van der Waals surface area contributed by atoms with Gasteiger partial charge in [0.15, 0.2) is 5.11 Å². The SMILES string of the molecule is CC1CCN(c2cc(Cl)nc(NC(=S)NC3CCCC3)n2)CC1. The molecule has 0 aromatic carbocycles. The highest BCUT2D eigenvalue weighted by Gasteiger charge is 2.19. The van der Waals surface area contributed by atoms with Crippen LogP contribution in [0, 0.1) is 5.92 Å². The van der Waals surface area contributed by atoms with Crippen molar-refractivity contribution in [2.45, 2.75) is 51.5 Å². The van der Waals surface area contributed by atoms with Crippen molar-refractivity contribution in [3.63, 3.8) is 0 Å². The minimum Gasteiger partial charge on any atom is -0.360 e. The fourth-order valence-electron chi connectivity index (χ4n) is 3.25. The third-order valence-corrected chi connectivity index (χ3v) is 5.12. The van der Waals surface area contributed by atoms with Crippen LogP contribution in [-0.2, 0) is 0 Å². The maximum absolute atomic E-state index is 6.17. The quantitative estimate of drug-likeness (QED) is 0.639. The van der Waals surface area contributed by atoms with Crippen LogP contribution in [0.2, 0.25) is 5.15 Å². The average molecular weight is 354 g/mol. The van der Waals surface area contributed by atoms with Gasteiger partial charge in [-0.25, -0.2) is 4.98 Å². The third-order valence-electron chi connectivity index (χ3n) is 4.70. The topological polar surface area (TPSA) is 53.1 Å². The number of hydrogen-bond acceptors (Lipinski definition) is 4. The lowest BCUT2D eigenvalue weighted by Crippen LogP contribution is -2.37. The van der Waals surface area contributed by atoms with E-state index >= 15 is 0 Å². The van der Waals surface area contributed by atoms with Crippen LogP contribution in [0.5, 0.6) is 0 Å². The average Bonchev–Trinajstić information content (AvgIpc) is 3.00. The van der Waals surface area contributed by atoms with Gasteiger partial charge < -0.3 is 15.5 Å². The van der Waals surface area contributed by atoms with E-state index in [1.54, 1.807) is 0 Å². The van der Waals surface area contributed by atoms with Gasteiger partial charge in [0.1, 0.15) is 11.0 Å². The lowest BCUT2D eigenvalue weighted by atomic mass is 9.99. The van der Waals surface area contributed by atoms with E-state index in [1.165, 1.54) is 38.5 Å². The molecule has 0 unspecified atom stereocenters. The molecule has 0 atom stereocenters. The first kappa shape index (κ1) is 16.7. The van der Waals surface area contributed by atoms with Crippen molar-refractivity contribution in [3.05, 3.63) is 11.2 Å². The predicted octanol–water partition coefficient (Wildman–Crippen LogP) is 3.60. The number of aromatic nitrogens is 2. The van der Waals surface area contributed by atoms with Crippen molar-refractivity contribution >= 4 is 40.7 Å². The molecule has 0 amide bonds. The summed E-state index contributed by atoms with van der Waals surface area (Å²) in [7, 11) is 0. The molecule has 5 nitrogen and oxygen atoms in total. The second-order valence-electron chi connectivity index (χ2n) is 6.62. The lowest BCUT2D eigenvalue weighted by Gasteiger charge is -2.31. The van der Waals surface area contributed by atoms with Crippen molar-refractivity contribution in [1.29, 1.82) is 0 Å². The number of halogens is 1. The van der Waals surface area contributed by atoms with Gasteiger partial charge in [-0.1, -0.05) is 31.4 Å². The Bertz CT molecular complexity index is 553. The summed E-state index contributed by atoms with van der Waals surface area (Å²) < 4.78 is 0. The summed E-state index contributed by atoms with van der Waals surface area (Å²) in [6, 6.07) is 2.30. The fraction of sp³-hybridized carbons (Fsp3) is 0.688. The normalized spacial score (nSPS) is 19.8. The zero-order valence-corrected chi connectivity index (χ0v) is 15.1. The number of hydrogen-bond donors (Lipinski definition) is 2. The zero-order valence-electron chi connectivity index (χ0n) is 13.5. The second kappa shape index (κ2) is 7.62. The fourth-order valence-corrected chi connectivity index (χ4v) is 3.69.